The summed E-state index contributed by atoms with van der Waals surface area (Å²) in [6, 6.07) is 12.2. The number of amides is 2. The molecule has 0 radical (unpaired) electrons. The number of carbonyl (C=O) groups excluding carboxylic acids is 2. The van der Waals surface area contributed by atoms with Crippen LogP contribution in [0.5, 0.6) is 0 Å². The second-order valence-electron chi connectivity index (χ2n) is 4.30. The van der Waals surface area contributed by atoms with Crippen molar-refractivity contribution in [2.45, 2.75) is 6.92 Å². The normalized spacial score (nSPS) is 10.0. The van der Waals surface area contributed by atoms with Gasteiger partial charge in [-0.15, -0.1) is 0 Å². The molecule has 0 bridgehead atoms. The predicted molar refractivity (Wildman–Crippen MR) is 87.6 cm³/mol. The van der Waals surface area contributed by atoms with Crippen molar-refractivity contribution in [3.8, 4) is 0 Å². The zero-order valence-corrected chi connectivity index (χ0v) is 13.5. The van der Waals surface area contributed by atoms with Gasteiger partial charge in [-0.25, -0.2) is 0 Å². The standard InChI is InChI=1S/C15H12BrClN2O2/c1-9-11(17)6-4-8-12(9)18-14(20)15(21)19-13-7-3-2-5-10(13)16/h2-8H,1H3,(H,18,20)(H,19,21). The number of anilines is 2. The van der Waals surface area contributed by atoms with Gasteiger partial charge < -0.3 is 10.6 Å². The third-order valence-corrected chi connectivity index (χ3v) is 3.95. The predicted octanol–water partition coefficient (Wildman–Crippen LogP) is 3.99. The van der Waals surface area contributed by atoms with Crippen LogP contribution < -0.4 is 10.6 Å². The first-order valence-electron chi connectivity index (χ1n) is 6.11. The first-order valence-corrected chi connectivity index (χ1v) is 7.28. The van der Waals surface area contributed by atoms with Crippen LogP contribution in [0.1, 0.15) is 5.56 Å². The number of hydrogen-bond donors (Lipinski definition) is 2. The second-order valence-corrected chi connectivity index (χ2v) is 5.56. The highest BCUT2D eigenvalue weighted by Gasteiger charge is 2.16. The van der Waals surface area contributed by atoms with E-state index in [1.54, 1.807) is 43.3 Å². The zero-order chi connectivity index (χ0) is 15.4. The molecule has 0 aliphatic rings. The molecule has 2 aromatic rings. The number of rotatable bonds is 2. The van der Waals surface area contributed by atoms with E-state index >= 15 is 0 Å². The van der Waals surface area contributed by atoms with Crippen molar-refractivity contribution in [3.63, 3.8) is 0 Å². The van der Waals surface area contributed by atoms with Crippen LogP contribution in [0, 0.1) is 6.92 Å². The number of para-hydroxylation sites is 1. The third kappa shape index (κ3) is 3.83. The van der Waals surface area contributed by atoms with Gasteiger partial charge in [0.05, 0.1) is 5.69 Å². The Labute approximate surface area is 135 Å². The maximum atomic E-state index is 11.9. The molecule has 0 saturated heterocycles. The number of nitrogens with one attached hydrogen (secondary N) is 2. The lowest BCUT2D eigenvalue weighted by Crippen LogP contribution is -2.29. The molecule has 0 saturated carbocycles. The molecule has 0 aliphatic carbocycles. The summed E-state index contributed by atoms with van der Waals surface area (Å²) in [4.78, 5) is 23.8. The number of halogens is 2. The van der Waals surface area contributed by atoms with Gasteiger partial charge in [-0.3, -0.25) is 9.59 Å². The highest BCUT2D eigenvalue weighted by molar-refractivity contribution is 9.10. The van der Waals surface area contributed by atoms with Crippen LogP contribution in [-0.4, -0.2) is 11.8 Å². The van der Waals surface area contributed by atoms with Crippen LogP contribution in [0.15, 0.2) is 46.9 Å². The molecule has 0 unspecified atom stereocenters. The maximum absolute atomic E-state index is 11.9. The van der Waals surface area contributed by atoms with Crippen molar-refractivity contribution in [3.05, 3.63) is 57.5 Å². The summed E-state index contributed by atoms with van der Waals surface area (Å²) in [5.74, 6) is -1.50. The van der Waals surface area contributed by atoms with Crippen molar-refractivity contribution in [2.75, 3.05) is 10.6 Å². The van der Waals surface area contributed by atoms with Crippen LogP contribution in [-0.2, 0) is 9.59 Å². The molecule has 0 spiro atoms. The van der Waals surface area contributed by atoms with Crippen LogP contribution in [0.25, 0.3) is 0 Å². The van der Waals surface area contributed by atoms with E-state index in [0.717, 1.165) is 0 Å². The topological polar surface area (TPSA) is 58.2 Å². The van der Waals surface area contributed by atoms with Gasteiger partial charge in [-0.1, -0.05) is 29.8 Å². The van der Waals surface area contributed by atoms with Crippen LogP contribution in [0.3, 0.4) is 0 Å². The van der Waals surface area contributed by atoms with E-state index in [-0.39, 0.29) is 0 Å². The first kappa shape index (κ1) is 15.5. The van der Waals surface area contributed by atoms with Gasteiger partial charge in [-0.05, 0) is 52.7 Å². The Morgan fingerprint density at radius 2 is 1.52 bits per heavy atom. The van der Waals surface area contributed by atoms with Crippen LogP contribution >= 0.6 is 27.5 Å². The van der Waals surface area contributed by atoms with Gasteiger partial charge in [-0.2, -0.15) is 0 Å². The quantitative estimate of drug-likeness (QED) is 0.789. The Morgan fingerprint density at radius 3 is 2.19 bits per heavy atom. The molecule has 108 valence electrons. The lowest BCUT2D eigenvalue weighted by atomic mass is 10.2. The first-order chi connectivity index (χ1) is 9.99. The van der Waals surface area contributed by atoms with Gasteiger partial charge in [0.25, 0.3) is 0 Å². The Hall–Kier alpha value is -1.85. The number of benzene rings is 2. The maximum Gasteiger partial charge on any atom is 0.314 e. The fourth-order valence-corrected chi connectivity index (χ4v) is 2.22. The highest BCUT2D eigenvalue weighted by atomic mass is 79.9. The fraction of sp³-hybridized carbons (Fsp3) is 0.0667. The average molecular weight is 368 g/mol. The molecule has 0 heterocycles. The molecule has 2 rings (SSSR count). The molecular formula is C15H12BrClN2O2. The van der Waals surface area contributed by atoms with E-state index in [2.05, 4.69) is 26.6 Å². The van der Waals surface area contributed by atoms with Crippen molar-refractivity contribution >= 4 is 50.7 Å². The van der Waals surface area contributed by atoms with Crippen molar-refractivity contribution < 1.29 is 9.59 Å². The van der Waals surface area contributed by atoms with E-state index < -0.39 is 11.8 Å². The minimum absolute atomic E-state index is 0.509. The van der Waals surface area contributed by atoms with E-state index in [4.69, 9.17) is 11.6 Å². The molecule has 0 atom stereocenters. The molecule has 0 aliphatic heterocycles. The summed E-state index contributed by atoms with van der Waals surface area (Å²) >= 11 is 9.27. The summed E-state index contributed by atoms with van der Waals surface area (Å²) in [5, 5.41) is 5.60. The molecule has 21 heavy (non-hydrogen) atoms. The van der Waals surface area contributed by atoms with Crippen molar-refractivity contribution in [1.82, 2.24) is 0 Å². The molecule has 4 nitrogen and oxygen atoms in total. The molecule has 2 amide bonds. The Kier molecular flexibility index (Phi) is 4.98. The SMILES string of the molecule is Cc1c(Cl)cccc1NC(=O)C(=O)Nc1ccccc1Br. The van der Waals surface area contributed by atoms with E-state index in [9.17, 15) is 9.59 Å². The Bertz CT molecular complexity index is 704. The highest BCUT2D eigenvalue weighted by Crippen LogP contribution is 2.23. The second kappa shape index (κ2) is 6.74. The summed E-state index contributed by atoms with van der Waals surface area (Å²) in [6.45, 7) is 1.77. The molecule has 0 fully saturated rings. The average Bonchev–Trinajstić information content (AvgIpc) is 2.46. The smallest absolute Gasteiger partial charge is 0.314 e. The van der Waals surface area contributed by atoms with Gasteiger partial charge in [0.15, 0.2) is 0 Å². The summed E-state index contributed by atoms with van der Waals surface area (Å²) in [7, 11) is 0. The zero-order valence-electron chi connectivity index (χ0n) is 11.1. The van der Waals surface area contributed by atoms with E-state index in [0.29, 0.717) is 26.4 Å². The van der Waals surface area contributed by atoms with E-state index in [1.807, 2.05) is 6.07 Å². The van der Waals surface area contributed by atoms with Gasteiger partial charge in [0.2, 0.25) is 0 Å². The minimum atomic E-state index is -0.754. The minimum Gasteiger partial charge on any atom is -0.317 e. The van der Waals surface area contributed by atoms with Gasteiger partial charge in [0, 0.05) is 15.2 Å². The fourth-order valence-electron chi connectivity index (χ4n) is 1.66. The van der Waals surface area contributed by atoms with Gasteiger partial charge >= 0.3 is 11.8 Å². The summed E-state index contributed by atoms with van der Waals surface area (Å²) < 4.78 is 0.699. The van der Waals surface area contributed by atoms with Gasteiger partial charge in [0.1, 0.15) is 0 Å². The summed E-state index contributed by atoms with van der Waals surface area (Å²) in [5.41, 5.74) is 1.75. The molecule has 6 heteroatoms. The molecule has 0 aromatic heterocycles. The summed E-state index contributed by atoms with van der Waals surface area (Å²) in [6.07, 6.45) is 0. The largest absolute Gasteiger partial charge is 0.317 e. The monoisotopic (exact) mass is 366 g/mol. The molecule has 2 N–H and O–H groups in total. The number of carbonyl (C=O) groups is 2. The molecular weight excluding hydrogens is 356 g/mol. The Morgan fingerprint density at radius 1 is 0.952 bits per heavy atom. The van der Waals surface area contributed by atoms with Crippen LogP contribution in [0.2, 0.25) is 5.02 Å². The van der Waals surface area contributed by atoms with E-state index in [1.165, 1.54) is 0 Å². The lowest BCUT2D eigenvalue weighted by Gasteiger charge is -2.10. The van der Waals surface area contributed by atoms with Crippen molar-refractivity contribution in [2.24, 2.45) is 0 Å². The third-order valence-electron chi connectivity index (χ3n) is 2.84. The molecule has 2 aromatic carbocycles. The van der Waals surface area contributed by atoms with Crippen molar-refractivity contribution in [1.29, 1.82) is 0 Å². The Balaban J connectivity index is 2.08. The van der Waals surface area contributed by atoms with Crippen LogP contribution in [0.4, 0.5) is 11.4 Å². The lowest BCUT2D eigenvalue weighted by molar-refractivity contribution is -0.133. The number of hydrogen-bond acceptors (Lipinski definition) is 2.